The maximum Gasteiger partial charge on any atom is 0.117 e. The lowest BCUT2D eigenvalue weighted by atomic mass is 10.1. The summed E-state index contributed by atoms with van der Waals surface area (Å²) >= 11 is 0. The molecule has 1 aromatic rings. The molecule has 2 heterocycles. The van der Waals surface area contributed by atoms with Crippen LogP contribution in [0.2, 0.25) is 0 Å². The van der Waals surface area contributed by atoms with Gasteiger partial charge in [0.2, 0.25) is 0 Å². The first-order chi connectivity index (χ1) is 7.74. The van der Waals surface area contributed by atoms with Gasteiger partial charge in [0.1, 0.15) is 5.75 Å². The van der Waals surface area contributed by atoms with Crippen LogP contribution >= 0.6 is 0 Å². The van der Waals surface area contributed by atoms with Gasteiger partial charge in [0.15, 0.2) is 0 Å². The summed E-state index contributed by atoms with van der Waals surface area (Å²) in [5.41, 5.74) is 2.28. The highest BCUT2D eigenvalue weighted by molar-refractivity contribution is 5.74. The zero-order valence-corrected chi connectivity index (χ0v) is 9.48. The molecule has 16 heavy (non-hydrogen) atoms. The summed E-state index contributed by atoms with van der Waals surface area (Å²) in [7, 11) is 2.17. The third-order valence-corrected chi connectivity index (χ3v) is 3.50. The van der Waals surface area contributed by atoms with Crippen LogP contribution < -0.4 is 10.2 Å². The van der Waals surface area contributed by atoms with Crippen molar-refractivity contribution in [1.82, 2.24) is 4.90 Å². The van der Waals surface area contributed by atoms with Crippen LogP contribution in [0.4, 0.5) is 11.4 Å². The molecule has 0 radical (unpaired) electrons. The number of benzene rings is 1. The van der Waals surface area contributed by atoms with E-state index in [0.29, 0.717) is 11.8 Å². The number of hydrogen-bond donors (Lipinski definition) is 2. The van der Waals surface area contributed by atoms with Gasteiger partial charge in [-0.1, -0.05) is 0 Å². The summed E-state index contributed by atoms with van der Waals surface area (Å²) < 4.78 is 0. The maximum absolute atomic E-state index is 9.46. The molecule has 0 aliphatic carbocycles. The molecule has 0 bridgehead atoms. The average Bonchev–Trinajstić information content (AvgIpc) is 2.28. The number of phenols is 1. The summed E-state index contributed by atoms with van der Waals surface area (Å²) in [6.07, 6.45) is 0. The zero-order valence-electron chi connectivity index (χ0n) is 9.48. The van der Waals surface area contributed by atoms with Crippen LogP contribution in [0.3, 0.4) is 0 Å². The molecule has 86 valence electrons. The summed E-state index contributed by atoms with van der Waals surface area (Å²) in [6.45, 7) is 4.24. The van der Waals surface area contributed by atoms with E-state index in [0.717, 1.165) is 31.9 Å². The van der Waals surface area contributed by atoms with E-state index in [1.165, 1.54) is 5.69 Å². The molecule has 2 aliphatic rings. The molecule has 1 saturated heterocycles. The van der Waals surface area contributed by atoms with Crippen LogP contribution in [0.5, 0.6) is 5.75 Å². The van der Waals surface area contributed by atoms with E-state index in [1.54, 1.807) is 6.07 Å². The van der Waals surface area contributed by atoms with Crippen molar-refractivity contribution in [3.8, 4) is 5.75 Å². The normalized spacial score (nSPS) is 24.6. The van der Waals surface area contributed by atoms with Crippen molar-refractivity contribution < 1.29 is 5.11 Å². The van der Waals surface area contributed by atoms with Crippen LogP contribution in [-0.4, -0.2) is 49.3 Å². The summed E-state index contributed by atoms with van der Waals surface area (Å²) in [6, 6.07) is 6.14. The van der Waals surface area contributed by atoms with E-state index in [9.17, 15) is 5.11 Å². The van der Waals surface area contributed by atoms with E-state index in [2.05, 4.69) is 22.2 Å². The van der Waals surface area contributed by atoms with Crippen molar-refractivity contribution in [1.29, 1.82) is 0 Å². The van der Waals surface area contributed by atoms with E-state index < -0.39 is 0 Å². The predicted octanol–water partition coefficient (Wildman–Crippen LogP) is 0.938. The smallest absolute Gasteiger partial charge is 0.117 e. The Bertz CT molecular complexity index is 407. The monoisotopic (exact) mass is 219 g/mol. The van der Waals surface area contributed by atoms with Gasteiger partial charge in [0.05, 0.1) is 17.4 Å². The first-order valence-electron chi connectivity index (χ1n) is 5.76. The predicted molar refractivity (Wildman–Crippen MR) is 65.2 cm³/mol. The first-order valence-corrected chi connectivity index (χ1v) is 5.76. The maximum atomic E-state index is 9.46. The van der Waals surface area contributed by atoms with Crippen molar-refractivity contribution in [2.75, 3.05) is 43.4 Å². The van der Waals surface area contributed by atoms with Gasteiger partial charge in [-0.25, -0.2) is 0 Å². The number of phenolic OH excluding ortho intramolecular Hbond substituents is 1. The summed E-state index contributed by atoms with van der Waals surface area (Å²) in [5, 5.41) is 12.9. The number of likely N-dealkylation sites (N-methyl/N-ethyl adjacent to an activating group) is 1. The Labute approximate surface area is 95.5 Å². The highest BCUT2D eigenvalue weighted by Gasteiger charge is 2.30. The van der Waals surface area contributed by atoms with Crippen molar-refractivity contribution in [2.24, 2.45) is 0 Å². The largest absolute Gasteiger partial charge is 0.508 e. The topological polar surface area (TPSA) is 38.7 Å². The third-order valence-electron chi connectivity index (χ3n) is 3.50. The summed E-state index contributed by atoms with van der Waals surface area (Å²) in [4.78, 5) is 4.82. The lowest BCUT2D eigenvalue weighted by Crippen LogP contribution is -2.56. The Morgan fingerprint density at radius 3 is 3.12 bits per heavy atom. The highest BCUT2D eigenvalue weighted by atomic mass is 16.3. The Kier molecular flexibility index (Phi) is 2.17. The number of nitrogens with one attached hydrogen (secondary N) is 1. The molecule has 1 fully saturated rings. The van der Waals surface area contributed by atoms with Crippen molar-refractivity contribution in [3.63, 3.8) is 0 Å². The molecular weight excluding hydrogens is 202 g/mol. The van der Waals surface area contributed by atoms with Crippen molar-refractivity contribution in [3.05, 3.63) is 18.2 Å². The molecule has 3 rings (SSSR count). The fourth-order valence-electron chi connectivity index (χ4n) is 2.65. The lowest BCUT2D eigenvalue weighted by Gasteiger charge is -2.45. The highest BCUT2D eigenvalue weighted by Crippen LogP contribution is 2.35. The molecule has 1 aromatic carbocycles. The van der Waals surface area contributed by atoms with Crippen molar-refractivity contribution in [2.45, 2.75) is 6.04 Å². The standard InChI is InChI=1S/C12H17N3O/c1-14-4-5-15-9(8-14)7-13-11-6-10(16)2-3-12(11)15/h2-3,6,9,13,16H,4-5,7-8H2,1H3. The number of anilines is 2. The van der Waals surface area contributed by atoms with Gasteiger partial charge < -0.3 is 20.2 Å². The second-order valence-electron chi connectivity index (χ2n) is 4.69. The molecule has 4 heteroatoms. The van der Waals surface area contributed by atoms with E-state index in [-0.39, 0.29) is 0 Å². The molecular formula is C12H17N3O. The van der Waals surface area contributed by atoms with Gasteiger partial charge in [0.25, 0.3) is 0 Å². The average molecular weight is 219 g/mol. The molecule has 0 aromatic heterocycles. The van der Waals surface area contributed by atoms with Gasteiger partial charge in [-0.05, 0) is 19.2 Å². The van der Waals surface area contributed by atoms with Gasteiger partial charge in [-0.15, -0.1) is 0 Å². The van der Waals surface area contributed by atoms with Crippen molar-refractivity contribution >= 4 is 11.4 Å². The van der Waals surface area contributed by atoms with E-state index in [1.807, 2.05) is 12.1 Å². The van der Waals surface area contributed by atoms with Gasteiger partial charge >= 0.3 is 0 Å². The second kappa shape index (κ2) is 3.56. The quantitative estimate of drug-likeness (QED) is 0.681. The Balaban J connectivity index is 1.94. The molecule has 4 nitrogen and oxygen atoms in total. The molecule has 0 amide bonds. The third kappa shape index (κ3) is 1.50. The van der Waals surface area contributed by atoms with Gasteiger partial charge in [0, 0.05) is 32.2 Å². The van der Waals surface area contributed by atoms with E-state index in [4.69, 9.17) is 0 Å². The minimum Gasteiger partial charge on any atom is -0.508 e. The fraction of sp³-hybridized carbons (Fsp3) is 0.500. The van der Waals surface area contributed by atoms with Crippen LogP contribution in [0.25, 0.3) is 0 Å². The van der Waals surface area contributed by atoms with E-state index >= 15 is 0 Å². The van der Waals surface area contributed by atoms with Gasteiger partial charge in [-0.3, -0.25) is 0 Å². The number of piperazine rings is 1. The number of fused-ring (bicyclic) bond motifs is 3. The molecule has 0 spiro atoms. The summed E-state index contributed by atoms with van der Waals surface area (Å²) in [5.74, 6) is 0.332. The lowest BCUT2D eigenvalue weighted by molar-refractivity contribution is 0.270. The minimum atomic E-state index is 0.332. The molecule has 1 unspecified atom stereocenters. The molecule has 2 N–H and O–H groups in total. The SMILES string of the molecule is CN1CCN2c3ccc(O)cc3NCC2C1. The fourth-order valence-corrected chi connectivity index (χ4v) is 2.65. The van der Waals surface area contributed by atoms with Crippen LogP contribution in [0.1, 0.15) is 0 Å². The Hall–Kier alpha value is -1.42. The second-order valence-corrected chi connectivity index (χ2v) is 4.69. The van der Waals surface area contributed by atoms with Crippen LogP contribution in [0, 0.1) is 0 Å². The number of hydrogen-bond acceptors (Lipinski definition) is 4. The zero-order chi connectivity index (χ0) is 11.1. The number of nitrogens with zero attached hydrogens (tertiary/aromatic N) is 2. The number of rotatable bonds is 0. The number of aromatic hydroxyl groups is 1. The first kappa shape index (κ1) is 9.78. The molecule has 1 atom stereocenters. The Morgan fingerprint density at radius 2 is 2.25 bits per heavy atom. The molecule has 2 aliphatic heterocycles. The Morgan fingerprint density at radius 1 is 1.38 bits per heavy atom. The van der Waals surface area contributed by atoms with Gasteiger partial charge in [-0.2, -0.15) is 0 Å². The minimum absolute atomic E-state index is 0.332. The van der Waals surface area contributed by atoms with Crippen LogP contribution in [0.15, 0.2) is 18.2 Å². The van der Waals surface area contributed by atoms with Crippen LogP contribution in [-0.2, 0) is 0 Å². The molecule has 0 saturated carbocycles.